The first kappa shape index (κ1) is 22.4. The molecule has 1 N–H and O–H groups in total. The van der Waals surface area contributed by atoms with Crippen LogP contribution in [0.15, 0.2) is 60.7 Å². The number of hydrogen-bond acceptors (Lipinski definition) is 4. The summed E-state index contributed by atoms with van der Waals surface area (Å²) in [5, 5.41) is 2.46. The summed E-state index contributed by atoms with van der Waals surface area (Å²) >= 11 is 0. The van der Waals surface area contributed by atoms with Gasteiger partial charge in [-0.05, 0) is 49.7 Å². The third-order valence-electron chi connectivity index (χ3n) is 4.36. The van der Waals surface area contributed by atoms with Crippen molar-refractivity contribution in [1.82, 2.24) is 0 Å². The second-order valence-electron chi connectivity index (χ2n) is 8.18. The molecule has 2 aromatic carbocycles. The van der Waals surface area contributed by atoms with Crippen molar-refractivity contribution >= 4 is 45.3 Å². The van der Waals surface area contributed by atoms with Gasteiger partial charge in [0.05, 0.1) is 0 Å². The average molecular weight is 437 g/mol. The largest absolute Gasteiger partial charge is 0.437 e. The molecule has 0 heterocycles. The Balaban J connectivity index is 2.20. The first-order valence-electron chi connectivity index (χ1n) is 9.33. The van der Waals surface area contributed by atoms with Crippen molar-refractivity contribution in [3.63, 3.8) is 0 Å². The fourth-order valence-electron chi connectivity index (χ4n) is 2.84. The molecule has 0 aliphatic rings. The van der Waals surface area contributed by atoms with Gasteiger partial charge in [0.15, 0.2) is 0 Å². The molecule has 8 heteroatoms. The van der Waals surface area contributed by atoms with Crippen LogP contribution >= 0.6 is 0 Å². The second-order valence-corrected chi connectivity index (χ2v) is 20.9. The van der Waals surface area contributed by atoms with Crippen molar-refractivity contribution in [1.29, 1.82) is 0 Å². The van der Waals surface area contributed by atoms with Crippen LogP contribution in [0.2, 0.25) is 39.3 Å². The van der Waals surface area contributed by atoms with E-state index in [4.69, 9.17) is 13.0 Å². The van der Waals surface area contributed by atoms with Gasteiger partial charge in [-0.15, -0.1) is 0 Å². The van der Waals surface area contributed by atoms with Gasteiger partial charge in [0.2, 0.25) is 26.4 Å². The normalized spacial score (nSPS) is 13.6. The predicted octanol–water partition coefficient (Wildman–Crippen LogP) is 2.32. The summed E-state index contributed by atoms with van der Waals surface area (Å²) in [6.45, 7) is 12.3. The SMILES string of the molecule is C[Si](C)(O)O[SiH2]C(O[Si](C)(C)c1ccccc1)O[Si](C)(C)c1ccccc1. The van der Waals surface area contributed by atoms with Crippen molar-refractivity contribution in [2.75, 3.05) is 0 Å². The summed E-state index contributed by atoms with van der Waals surface area (Å²) in [6.07, 6.45) is 0. The maximum absolute atomic E-state index is 10.2. The molecule has 4 nitrogen and oxygen atoms in total. The zero-order valence-corrected chi connectivity index (χ0v) is 21.6. The molecule has 0 bridgehead atoms. The van der Waals surface area contributed by atoms with E-state index in [1.165, 1.54) is 10.4 Å². The van der Waals surface area contributed by atoms with Gasteiger partial charge in [-0.1, -0.05) is 60.7 Å². The highest BCUT2D eigenvalue weighted by Gasteiger charge is 2.36. The van der Waals surface area contributed by atoms with E-state index in [1.54, 1.807) is 13.1 Å². The first-order chi connectivity index (χ1) is 12.5. The van der Waals surface area contributed by atoms with Crippen LogP contribution in [0.25, 0.3) is 0 Å². The predicted molar refractivity (Wildman–Crippen MR) is 122 cm³/mol. The van der Waals surface area contributed by atoms with E-state index in [0.717, 1.165) is 0 Å². The quantitative estimate of drug-likeness (QED) is 0.484. The Morgan fingerprint density at radius 3 is 1.41 bits per heavy atom. The van der Waals surface area contributed by atoms with E-state index in [1.807, 2.05) is 36.4 Å². The van der Waals surface area contributed by atoms with E-state index in [2.05, 4.69) is 50.5 Å². The fraction of sp³-hybridized carbons (Fsp3) is 0.368. The molecule has 0 amide bonds. The lowest BCUT2D eigenvalue weighted by atomic mass is 10.4. The second kappa shape index (κ2) is 9.10. The van der Waals surface area contributed by atoms with Crippen molar-refractivity contribution in [2.45, 2.75) is 45.2 Å². The minimum Gasteiger partial charge on any atom is -0.437 e. The van der Waals surface area contributed by atoms with E-state index in [0.29, 0.717) is 0 Å². The van der Waals surface area contributed by atoms with Crippen LogP contribution in [0.3, 0.4) is 0 Å². The monoisotopic (exact) mass is 436 g/mol. The lowest BCUT2D eigenvalue weighted by molar-refractivity contribution is 0.0547. The van der Waals surface area contributed by atoms with E-state index in [-0.39, 0.29) is 5.91 Å². The molecule has 0 radical (unpaired) electrons. The highest BCUT2D eigenvalue weighted by atomic mass is 28.4. The Kier molecular flexibility index (Phi) is 7.56. The Morgan fingerprint density at radius 2 is 1.07 bits per heavy atom. The van der Waals surface area contributed by atoms with Crippen molar-refractivity contribution in [3.05, 3.63) is 60.7 Å². The van der Waals surface area contributed by atoms with Gasteiger partial charge in [0.25, 0.3) is 0 Å². The molecule has 2 aromatic rings. The van der Waals surface area contributed by atoms with Gasteiger partial charge in [-0.25, -0.2) is 0 Å². The van der Waals surface area contributed by atoms with E-state index < -0.39 is 35.0 Å². The molecule has 0 saturated carbocycles. The lowest BCUT2D eigenvalue weighted by Crippen LogP contribution is -2.55. The summed E-state index contributed by atoms with van der Waals surface area (Å²) in [6, 6.07) is 20.7. The van der Waals surface area contributed by atoms with Crippen LogP contribution in [-0.2, 0) is 13.0 Å². The van der Waals surface area contributed by atoms with Gasteiger partial charge < -0.3 is 17.8 Å². The van der Waals surface area contributed by atoms with Crippen LogP contribution in [0.5, 0.6) is 0 Å². The topological polar surface area (TPSA) is 47.9 Å². The van der Waals surface area contributed by atoms with Crippen LogP contribution in [0.1, 0.15) is 0 Å². The summed E-state index contributed by atoms with van der Waals surface area (Å²) in [5.41, 5.74) is 0. The molecular weight excluding hydrogens is 405 g/mol. The fourth-order valence-corrected chi connectivity index (χ4v) is 11.8. The van der Waals surface area contributed by atoms with Crippen LogP contribution < -0.4 is 10.4 Å². The zero-order chi connectivity index (χ0) is 20.1. The highest BCUT2D eigenvalue weighted by molar-refractivity contribution is 6.86. The summed E-state index contributed by atoms with van der Waals surface area (Å²) < 4.78 is 19.0. The maximum Gasteiger partial charge on any atom is 0.318 e. The summed E-state index contributed by atoms with van der Waals surface area (Å²) in [5.74, 6) is -0.368. The molecule has 27 heavy (non-hydrogen) atoms. The van der Waals surface area contributed by atoms with Crippen LogP contribution in [0, 0.1) is 0 Å². The summed E-state index contributed by atoms with van der Waals surface area (Å²) in [4.78, 5) is 10.2. The molecular formula is C19H32O4Si4. The smallest absolute Gasteiger partial charge is 0.318 e. The Morgan fingerprint density at radius 1 is 0.704 bits per heavy atom. The molecule has 0 spiro atoms. The van der Waals surface area contributed by atoms with E-state index in [9.17, 15) is 4.80 Å². The third kappa shape index (κ3) is 7.24. The van der Waals surface area contributed by atoms with Crippen LogP contribution in [-0.4, -0.2) is 45.7 Å². The van der Waals surface area contributed by atoms with Gasteiger partial charge in [0.1, 0.15) is 5.91 Å². The highest BCUT2D eigenvalue weighted by Crippen LogP contribution is 2.16. The third-order valence-corrected chi connectivity index (χ3v) is 14.3. The van der Waals surface area contributed by atoms with Crippen molar-refractivity contribution in [3.8, 4) is 0 Å². The van der Waals surface area contributed by atoms with Crippen LogP contribution in [0.4, 0.5) is 0 Å². The Bertz CT molecular complexity index is 649. The number of rotatable bonds is 9. The average Bonchev–Trinajstić information content (AvgIpc) is 2.60. The Hall–Kier alpha value is -0.852. The molecule has 0 aliphatic carbocycles. The van der Waals surface area contributed by atoms with Gasteiger partial charge in [0, 0.05) is 0 Å². The Labute approximate surface area is 169 Å². The molecule has 0 saturated heterocycles. The van der Waals surface area contributed by atoms with Gasteiger partial charge in [-0.2, -0.15) is 0 Å². The number of hydrogen-bond donors (Lipinski definition) is 1. The maximum atomic E-state index is 10.2. The molecule has 0 aliphatic heterocycles. The van der Waals surface area contributed by atoms with Crippen molar-refractivity contribution in [2.24, 2.45) is 0 Å². The molecule has 0 fully saturated rings. The first-order valence-corrected chi connectivity index (χ1v) is 19.4. The minimum atomic E-state index is -2.60. The standard InChI is InChI=1S/C19H32O4Si4/c1-25(2,17-13-9-7-10-14-17)21-19(24-23-27(5,6)20)22-26(3,4)18-15-11-8-12-16-18/h7-16,19-20H,24H2,1-6H3. The zero-order valence-electron chi connectivity index (χ0n) is 17.2. The summed E-state index contributed by atoms with van der Waals surface area (Å²) in [7, 11) is -8.12. The minimum absolute atomic E-state index is 0.368. The van der Waals surface area contributed by atoms with Gasteiger partial charge >= 0.3 is 8.56 Å². The number of benzene rings is 2. The lowest BCUT2D eigenvalue weighted by Gasteiger charge is -2.35. The van der Waals surface area contributed by atoms with E-state index >= 15 is 0 Å². The van der Waals surface area contributed by atoms with Crippen molar-refractivity contribution < 1.29 is 17.8 Å². The molecule has 0 atom stereocenters. The molecule has 148 valence electrons. The molecule has 2 rings (SSSR count). The molecule has 0 aromatic heterocycles. The molecule has 0 unspecified atom stereocenters. The van der Waals surface area contributed by atoms with Gasteiger partial charge in [-0.3, -0.25) is 0 Å².